The molecule has 1 aromatic carbocycles. The van der Waals surface area contributed by atoms with Gasteiger partial charge in [-0.1, -0.05) is 6.07 Å². The normalized spacial score (nSPS) is 20.9. The molecule has 0 unspecified atom stereocenters. The van der Waals surface area contributed by atoms with E-state index >= 15 is 0 Å². The first-order valence-electron chi connectivity index (χ1n) is 5.98. The van der Waals surface area contributed by atoms with Crippen LogP contribution in [0.5, 0.6) is 0 Å². The third-order valence-corrected chi connectivity index (χ3v) is 4.72. The van der Waals surface area contributed by atoms with Crippen molar-refractivity contribution in [1.82, 2.24) is 10.0 Å². The highest BCUT2D eigenvalue weighted by atomic mass is 32.2. The van der Waals surface area contributed by atoms with Gasteiger partial charge in [0.15, 0.2) is 0 Å². The summed E-state index contributed by atoms with van der Waals surface area (Å²) in [6.07, 6.45) is 1.75. The maximum Gasteiger partial charge on any atom is 0.241 e. The van der Waals surface area contributed by atoms with E-state index in [1.165, 1.54) is 12.1 Å². The Kier molecular flexibility index (Phi) is 3.99. The van der Waals surface area contributed by atoms with Gasteiger partial charge in [-0.05, 0) is 44.0 Å². The van der Waals surface area contributed by atoms with Gasteiger partial charge in [0.2, 0.25) is 10.0 Å². The Labute approximate surface area is 107 Å². The van der Waals surface area contributed by atoms with Gasteiger partial charge in [-0.15, -0.1) is 0 Å². The number of hydrogen-bond acceptors (Lipinski definition) is 3. The molecule has 1 heterocycles. The third-order valence-electron chi connectivity index (χ3n) is 3.06. The van der Waals surface area contributed by atoms with Crippen molar-refractivity contribution in [2.45, 2.75) is 30.7 Å². The lowest BCUT2D eigenvalue weighted by Gasteiger charge is -2.24. The molecule has 0 aromatic heterocycles. The molecule has 6 heteroatoms. The second kappa shape index (κ2) is 5.34. The quantitative estimate of drug-likeness (QED) is 0.868. The SMILES string of the molecule is Cc1ccc(F)cc1S(=O)(=O)N[C@H]1CCCNC1. The van der Waals surface area contributed by atoms with Crippen LogP contribution in [0.2, 0.25) is 0 Å². The van der Waals surface area contributed by atoms with Crippen LogP contribution >= 0.6 is 0 Å². The molecule has 0 bridgehead atoms. The zero-order chi connectivity index (χ0) is 13.2. The van der Waals surface area contributed by atoms with E-state index in [1.807, 2.05) is 0 Å². The van der Waals surface area contributed by atoms with Crippen molar-refractivity contribution in [3.63, 3.8) is 0 Å². The number of hydrogen-bond donors (Lipinski definition) is 2. The lowest BCUT2D eigenvalue weighted by molar-refractivity contribution is 0.428. The Morgan fingerprint density at radius 2 is 2.22 bits per heavy atom. The minimum absolute atomic E-state index is 0.0214. The summed E-state index contributed by atoms with van der Waals surface area (Å²) < 4.78 is 40.1. The molecule has 1 aliphatic rings. The van der Waals surface area contributed by atoms with Crippen LogP contribution in [-0.4, -0.2) is 27.5 Å². The van der Waals surface area contributed by atoms with Crippen molar-refractivity contribution in [1.29, 1.82) is 0 Å². The topological polar surface area (TPSA) is 58.2 Å². The summed E-state index contributed by atoms with van der Waals surface area (Å²) in [4.78, 5) is 0.0214. The molecule has 1 saturated heterocycles. The van der Waals surface area contributed by atoms with Gasteiger partial charge in [0, 0.05) is 12.6 Å². The first-order chi connectivity index (χ1) is 8.49. The molecule has 4 nitrogen and oxygen atoms in total. The molecule has 1 fully saturated rings. The van der Waals surface area contributed by atoms with Gasteiger partial charge in [-0.3, -0.25) is 0 Å². The summed E-state index contributed by atoms with van der Waals surface area (Å²) in [7, 11) is -3.64. The summed E-state index contributed by atoms with van der Waals surface area (Å²) in [6, 6.07) is 3.68. The van der Waals surface area contributed by atoms with E-state index in [0.29, 0.717) is 12.1 Å². The fourth-order valence-electron chi connectivity index (χ4n) is 2.10. The Morgan fingerprint density at radius 1 is 1.44 bits per heavy atom. The van der Waals surface area contributed by atoms with E-state index in [4.69, 9.17) is 0 Å². The van der Waals surface area contributed by atoms with Gasteiger partial charge in [0.05, 0.1) is 4.90 Å². The second-order valence-electron chi connectivity index (χ2n) is 4.57. The molecule has 0 aliphatic carbocycles. The highest BCUT2D eigenvalue weighted by Crippen LogP contribution is 2.17. The van der Waals surface area contributed by atoms with Gasteiger partial charge < -0.3 is 5.32 Å². The van der Waals surface area contributed by atoms with Crippen LogP contribution in [-0.2, 0) is 10.0 Å². The van der Waals surface area contributed by atoms with Crippen molar-refractivity contribution >= 4 is 10.0 Å². The molecule has 1 aromatic rings. The first-order valence-corrected chi connectivity index (χ1v) is 7.46. The highest BCUT2D eigenvalue weighted by molar-refractivity contribution is 7.89. The number of aryl methyl sites for hydroxylation is 1. The van der Waals surface area contributed by atoms with Crippen molar-refractivity contribution in [2.24, 2.45) is 0 Å². The number of benzene rings is 1. The first kappa shape index (κ1) is 13.5. The Balaban J connectivity index is 2.21. The number of halogens is 1. The number of piperidine rings is 1. The Hall–Kier alpha value is -0.980. The van der Waals surface area contributed by atoms with E-state index in [0.717, 1.165) is 25.5 Å². The van der Waals surface area contributed by atoms with Crippen LogP contribution < -0.4 is 10.0 Å². The van der Waals surface area contributed by atoms with Gasteiger partial charge in [0.1, 0.15) is 5.82 Å². The molecule has 2 N–H and O–H groups in total. The van der Waals surface area contributed by atoms with Gasteiger partial charge in [-0.2, -0.15) is 0 Å². The maximum atomic E-state index is 13.2. The number of rotatable bonds is 3. The fourth-order valence-corrected chi connectivity index (χ4v) is 3.63. The monoisotopic (exact) mass is 272 g/mol. The number of nitrogens with one attached hydrogen (secondary N) is 2. The predicted molar refractivity (Wildman–Crippen MR) is 67.4 cm³/mol. The van der Waals surface area contributed by atoms with E-state index < -0.39 is 15.8 Å². The molecule has 100 valence electrons. The molecule has 2 rings (SSSR count). The van der Waals surface area contributed by atoms with Crippen molar-refractivity contribution in [2.75, 3.05) is 13.1 Å². The smallest absolute Gasteiger partial charge is 0.241 e. The summed E-state index contributed by atoms with van der Waals surface area (Å²) in [5, 5.41) is 3.13. The third kappa shape index (κ3) is 3.07. The van der Waals surface area contributed by atoms with Gasteiger partial charge in [-0.25, -0.2) is 17.5 Å². The van der Waals surface area contributed by atoms with Crippen LogP contribution in [0.25, 0.3) is 0 Å². The van der Waals surface area contributed by atoms with Gasteiger partial charge in [0.25, 0.3) is 0 Å². The molecule has 18 heavy (non-hydrogen) atoms. The highest BCUT2D eigenvalue weighted by Gasteiger charge is 2.23. The average Bonchev–Trinajstić information content (AvgIpc) is 2.33. The molecule has 0 radical (unpaired) electrons. The zero-order valence-corrected chi connectivity index (χ0v) is 11.1. The largest absolute Gasteiger partial charge is 0.315 e. The molecule has 0 amide bonds. The standard InChI is InChI=1S/C12H17FN2O2S/c1-9-4-5-10(13)7-12(9)18(16,17)15-11-3-2-6-14-8-11/h4-5,7,11,14-15H,2-3,6,8H2,1H3/t11-/m0/s1. The second-order valence-corrected chi connectivity index (χ2v) is 6.26. The average molecular weight is 272 g/mol. The van der Waals surface area contributed by atoms with Crippen LogP contribution in [0.1, 0.15) is 18.4 Å². The lowest BCUT2D eigenvalue weighted by atomic mass is 10.1. The number of sulfonamides is 1. The Bertz CT molecular complexity index is 525. The van der Waals surface area contributed by atoms with Crippen molar-refractivity contribution in [3.05, 3.63) is 29.6 Å². The maximum absolute atomic E-state index is 13.2. The molecular formula is C12H17FN2O2S. The minimum atomic E-state index is -3.64. The van der Waals surface area contributed by atoms with Crippen LogP contribution in [0.3, 0.4) is 0 Å². The molecule has 1 aliphatic heterocycles. The van der Waals surface area contributed by atoms with Crippen molar-refractivity contribution < 1.29 is 12.8 Å². The molecule has 0 spiro atoms. The van der Waals surface area contributed by atoms with E-state index in [9.17, 15) is 12.8 Å². The summed E-state index contributed by atoms with van der Waals surface area (Å²) in [6.45, 7) is 3.19. The molecular weight excluding hydrogens is 255 g/mol. The summed E-state index contributed by atoms with van der Waals surface area (Å²) in [5.41, 5.74) is 0.549. The van der Waals surface area contributed by atoms with Crippen LogP contribution in [0.15, 0.2) is 23.1 Å². The van der Waals surface area contributed by atoms with E-state index in [1.54, 1.807) is 6.92 Å². The predicted octanol–water partition coefficient (Wildman–Crippen LogP) is 1.16. The minimum Gasteiger partial charge on any atom is -0.315 e. The Morgan fingerprint density at radius 3 is 2.89 bits per heavy atom. The van der Waals surface area contributed by atoms with E-state index in [-0.39, 0.29) is 10.9 Å². The summed E-state index contributed by atoms with van der Waals surface area (Å²) >= 11 is 0. The molecule has 0 saturated carbocycles. The van der Waals surface area contributed by atoms with Crippen molar-refractivity contribution in [3.8, 4) is 0 Å². The van der Waals surface area contributed by atoms with Crippen LogP contribution in [0.4, 0.5) is 4.39 Å². The fraction of sp³-hybridized carbons (Fsp3) is 0.500. The van der Waals surface area contributed by atoms with E-state index in [2.05, 4.69) is 10.0 Å². The zero-order valence-electron chi connectivity index (χ0n) is 10.2. The summed E-state index contributed by atoms with van der Waals surface area (Å²) in [5.74, 6) is -0.539. The molecule has 1 atom stereocenters. The lowest BCUT2D eigenvalue weighted by Crippen LogP contribution is -2.45. The van der Waals surface area contributed by atoms with Crippen LogP contribution in [0, 0.1) is 12.7 Å². The van der Waals surface area contributed by atoms with Gasteiger partial charge >= 0.3 is 0 Å².